The highest BCUT2D eigenvalue weighted by Crippen LogP contribution is 2.54. The van der Waals surface area contributed by atoms with Gasteiger partial charge in [-0.2, -0.15) is 0 Å². The number of ether oxygens (including phenoxy) is 2. The largest absolute Gasteiger partial charge is 0.453 e. The van der Waals surface area contributed by atoms with Gasteiger partial charge in [0.1, 0.15) is 0 Å². The Hall–Kier alpha value is -12.9. The van der Waals surface area contributed by atoms with E-state index in [2.05, 4.69) is 240 Å². The quantitative estimate of drug-likeness (QED) is 0.117. The second kappa shape index (κ2) is 23.8. The first-order chi connectivity index (χ1) is 46.5. The van der Waals surface area contributed by atoms with Crippen molar-refractivity contribution in [3.8, 4) is 136 Å². The average molecular weight is 1210 g/mol. The summed E-state index contributed by atoms with van der Waals surface area (Å²) < 4.78 is 13.3. The summed E-state index contributed by atoms with van der Waals surface area (Å²) in [5, 5.41) is 0. The molecule has 0 saturated carbocycles. The smallest absolute Gasteiger partial charge is 0.164 e. The monoisotopic (exact) mass is 1210 g/mol. The van der Waals surface area contributed by atoms with Gasteiger partial charge in [-0.3, -0.25) is 0 Å². The summed E-state index contributed by atoms with van der Waals surface area (Å²) in [7, 11) is 0. The molecular weight excluding hydrogens is 1150 g/mol. The van der Waals surface area contributed by atoms with Gasteiger partial charge in [0.2, 0.25) is 0 Å². The molecule has 2 aliphatic rings. The lowest BCUT2D eigenvalue weighted by Crippen LogP contribution is -2.16. The molecule has 442 valence electrons. The number of para-hydroxylation sites is 7. The fourth-order valence-corrected chi connectivity index (χ4v) is 12.5. The topological polar surface area (TPSA) is 102 Å². The van der Waals surface area contributed by atoms with Crippen molar-refractivity contribution < 1.29 is 9.47 Å². The minimum atomic E-state index is 0.568. The zero-order chi connectivity index (χ0) is 62.3. The molecule has 0 fully saturated rings. The number of rotatable bonds is 12. The van der Waals surface area contributed by atoms with Crippen LogP contribution in [0.1, 0.15) is 0 Å². The molecule has 17 rings (SSSR count). The van der Waals surface area contributed by atoms with Crippen LogP contribution in [0.2, 0.25) is 0 Å². The molecule has 0 atom stereocenters. The van der Waals surface area contributed by atoms with E-state index in [1.54, 1.807) is 0 Å². The Kier molecular flexibility index (Phi) is 14.0. The first-order valence-corrected chi connectivity index (χ1v) is 31.2. The van der Waals surface area contributed by atoms with Crippen LogP contribution < -0.4 is 19.3 Å². The number of benzene rings is 13. The van der Waals surface area contributed by atoms with Crippen molar-refractivity contribution in [1.82, 2.24) is 29.9 Å². The Balaban J connectivity index is 0.680. The lowest BCUT2D eigenvalue weighted by atomic mass is 9.96. The van der Waals surface area contributed by atoms with E-state index in [4.69, 9.17) is 39.4 Å². The summed E-state index contributed by atoms with van der Waals surface area (Å²) in [5.41, 5.74) is 19.6. The van der Waals surface area contributed by atoms with E-state index in [1.807, 2.05) is 97.1 Å². The Morgan fingerprint density at radius 1 is 0.191 bits per heavy atom. The Bertz CT molecular complexity index is 5240. The van der Waals surface area contributed by atoms with E-state index in [1.165, 1.54) is 0 Å². The van der Waals surface area contributed by atoms with Gasteiger partial charge >= 0.3 is 0 Å². The number of hydrogen-bond donors (Lipinski definition) is 0. The van der Waals surface area contributed by atoms with E-state index in [-0.39, 0.29) is 0 Å². The summed E-state index contributed by atoms with van der Waals surface area (Å²) in [6.45, 7) is 0. The van der Waals surface area contributed by atoms with Crippen LogP contribution in [0.4, 0.5) is 34.1 Å². The van der Waals surface area contributed by atoms with Gasteiger partial charge in [0, 0.05) is 50.3 Å². The van der Waals surface area contributed by atoms with Crippen molar-refractivity contribution in [2.75, 3.05) is 9.80 Å². The molecule has 94 heavy (non-hydrogen) atoms. The molecular formula is C84H54N8O2. The molecule has 0 bridgehead atoms. The zero-order valence-electron chi connectivity index (χ0n) is 50.6. The highest BCUT2D eigenvalue weighted by atomic mass is 16.5. The van der Waals surface area contributed by atoms with Crippen molar-refractivity contribution >= 4 is 34.1 Å². The molecule has 0 saturated heterocycles. The van der Waals surface area contributed by atoms with Crippen LogP contribution in [0.5, 0.6) is 23.0 Å². The molecule has 10 nitrogen and oxygen atoms in total. The van der Waals surface area contributed by atoms with Gasteiger partial charge in [0.05, 0.1) is 22.7 Å². The molecule has 0 radical (unpaired) electrons. The molecule has 15 aromatic rings. The molecule has 0 N–H and O–H groups in total. The highest BCUT2D eigenvalue weighted by molar-refractivity contribution is 5.93. The Morgan fingerprint density at radius 2 is 0.457 bits per heavy atom. The first kappa shape index (κ1) is 55.2. The molecule has 13 aromatic carbocycles. The zero-order valence-corrected chi connectivity index (χ0v) is 50.6. The normalized spacial score (nSPS) is 12.0. The predicted octanol–water partition coefficient (Wildman–Crippen LogP) is 21.9. The van der Waals surface area contributed by atoms with Gasteiger partial charge in [-0.1, -0.05) is 231 Å². The predicted molar refractivity (Wildman–Crippen MR) is 377 cm³/mol. The van der Waals surface area contributed by atoms with Crippen LogP contribution in [-0.2, 0) is 0 Å². The van der Waals surface area contributed by atoms with Crippen LogP contribution in [0.15, 0.2) is 328 Å². The summed E-state index contributed by atoms with van der Waals surface area (Å²) in [6.07, 6.45) is 0. The summed E-state index contributed by atoms with van der Waals surface area (Å²) >= 11 is 0. The van der Waals surface area contributed by atoms with Crippen molar-refractivity contribution in [3.63, 3.8) is 0 Å². The lowest BCUT2D eigenvalue weighted by molar-refractivity contribution is 0.477. The SMILES string of the molecule is c1ccc(-c2ccc(-c3nc(-c4ccc(-c5cccc(-c6cccc7c6Oc6ccccc6N7c6ccc(-c7nc(-c8ccccc8)nc(-c8ccc(-c9ccccc9)cc8)n7)cc6)c5)cc4)nc(-c4ccc(N5c6ccccc6Oc6ccccc65)cc4)n3)cc2)cc1. The molecule has 10 heteroatoms. The molecule has 4 heterocycles. The van der Waals surface area contributed by atoms with Crippen molar-refractivity contribution in [3.05, 3.63) is 328 Å². The van der Waals surface area contributed by atoms with Gasteiger partial charge in [-0.25, -0.2) is 29.9 Å². The molecule has 0 spiro atoms. The van der Waals surface area contributed by atoms with E-state index in [0.29, 0.717) is 34.9 Å². The number of fused-ring (bicyclic) bond motifs is 4. The van der Waals surface area contributed by atoms with E-state index >= 15 is 0 Å². The fraction of sp³-hybridized carbons (Fsp3) is 0. The van der Waals surface area contributed by atoms with Gasteiger partial charge < -0.3 is 19.3 Å². The average Bonchev–Trinajstić information content (AvgIpc) is 0.769. The summed E-state index contributed by atoms with van der Waals surface area (Å²) in [4.78, 5) is 35.2. The van der Waals surface area contributed by atoms with Gasteiger partial charge in [-0.15, -0.1) is 0 Å². The number of anilines is 6. The molecule has 0 amide bonds. The molecule has 2 aliphatic heterocycles. The Morgan fingerprint density at radius 3 is 0.872 bits per heavy atom. The van der Waals surface area contributed by atoms with E-state index in [0.717, 1.165) is 135 Å². The summed E-state index contributed by atoms with van der Waals surface area (Å²) in [6, 6.07) is 112. The van der Waals surface area contributed by atoms with Crippen molar-refractivity contribution in [2.24, 2.45) is 0 Å². The lowest BCUT2D eigenvalue weighted by Gasteiger charge is -2.34. The maximum absolute atomic E-state index is 6.93. The molecule has 2 aromatic heterocycles. The molecule has 0 aliphatic carbocycles. The van der Waals surface area contributed by atoms with Crippen LogP contribution in [-0.4, -0.2) is 29.9 Å². The van der Waals surface area contributed by atoms with E-state index in [9.17, 15) is 0 Å². The summed E-state index contributed by atoms with van der Waals surface area (Å²) in [5.74, 6) is 6.61. The maximum atomic E-state index is 6.93. The Labute approximate surface area is 543 Å². The standard InChI is InChI=1S/C84H54N8O2/c1-4-18-55(19-5-1)57-34-40-61(41-35-57)80-85-79(60-22-8-3-9-23-60)86-83(88-80)65-48-52-69(53-49-65)92-73-29-12-15-33-77(73)94-78-70(26-17-30-74(78)92)67-25-16-24-66(54-67)59-38-44-63(45-39-59)82-87-81(62-42-36-58(37-43-62)56-20-6-2-7-21-56)89-84(90-82)64-46-50-68(51-47-64)91-71-27-10-13-31-75(71)93-76-32-14-11-28-72(76)91/h1-54H. The number of hydrogen-bond acceptors (Lipinski definition) is 10. The molecule has 0 unspecified atom stereocenters. The van der Waals surface area contributed by atoms with Gasteiger partial charge in [0.25, 0.3) is 0 Å². The van der Waals surface area contributed by atoms with Crippen LogP contribution in [0.25, 0.3) is 113 Å². The third-order valence-electron chi connectivity index (χ3n) is 17.2. The highest BCUT2D eigenvalue weighted by Gasteiger charge is 2.30. The third kappa shape index (κ3) is 10.5. The first-order valence-electron chi connectivity index (χ1n) is 31.2. The van der Waals surface area contributed by atoms with Crippen LogP contribution in [0, 0.1) is 0 Å². The third-order valence-corrected chi connectivity index (χ3v) is 17.2. The van der Waals surface area contributed by atoms with Crippen LogP contribution in [0.3, 0.4) is 0 Å². The second-order valence-electron chi connectivity index (χ2n) is 23.0. The van der Waals surface area contributed by atoms with Crippen LogP contribution >= 0.6 is 0 Å². The van der Waals surface area contributed by atoms with E-state index < -0.39 is 0 Å². The number of aromatic nitrogens is 6. The minimum Gasteiger partial charge on any atom is -0.453 e. The second-order valence-corrected chi connectivity index (χ2v) is 23.0. The minimum absolute atomic E-state index is 0.568. The van der Waals surface area contributed by atoms with Gasteiger partial charge in [-0.05, 0) is 136 Å². The number of nitrogens with zero attached hydrogens (tertiary/aromatic N) is 8. The maximum Gasteiger partial charge on any atom is 0.164 e. The fourth-order valence-electron chi connectivity index (χ4n) is 12.5. The van der Waals surface area contributed by atoms with Crippen molar-refractivity contribution in [2.45, 2.75) is 0 Å². The van der Waals surface area contributed by atoms with Gasteiger partial charge in [0.15, 0.2) is 57.9 Å². The van der Waals surface area contributed by atoms with Crippen molar-refractivity contribution in [1.29, 1.82) is 0 Å².